The van der Waals surface area contributed by atoms with Crippen molar-refractivity contribution in [2.75, 3.05) is 13.1 Å². The lowest BCUT2D eigenvalue weighted by Gasteiger charge is -2.33. The van der Waals surface area contributed by atoms with Gasteiger partial charge in [-0.25, -0.2) is 4.39 Å². The van der Waals surface area contributed by atoms with Crippen LogP contribution in [0.4, 0.5) is 4.39 Å². The first-order chi connectivity index (χ1) is 10.2. The topological polar surface area (TPSA) is 12.0 Å². The van der Waals surface area contributed by atoms with Gasteiger partial charge in [0.05, 0.1) is 10.0 Å². The van der Waals surface area contributed by atoms with E-state index in [9.17, 15) is 4.39 Å². The summed E-state index contributed by atoms with van der Waals surface area (Å²) < 4.78 is 14.1. The average molecular weight is 324 g/mol. The highest BCUT2D eigenvalue weighted by atomic mass is 35.5. The van der Waals surface area contributed by atoms with Gasteiger partial charge in [-0.15, -0.1) is 0 Å². The summed E-state index contributed by atoms with van der Waals surface area (Å²) in [6.45, 7) is 1.70. The maximum Gasteiger partial charge on any atom is 0.126 e. The predicted octanol–water partition coefficient (Wildman–Crippen LogP) is 4.99. The zero-order valence-electron chi connectivity index (χ0n) is 11.5. The minimum Gasteiger partial charge on any atom is -0.316 e. The van der Waals surface area contributed by atoms with Crippen molar-refractivity contribution in [1.82, 2.24) is 5.32 Å². The Labute approximate surface area is 134 Å². The van der Waals surface area contributed by atoms with Crippen LogP contribution >= 0.6 is 23.2 Å². The van der Waals surface area contributed by atoms with Crippen molar-refractivity contribution in [1.29, 1.82) is 0 Å². The highest BCUT2D eigenvalue weighted by Crippen LogP contribution is 2.39. The summed E-state index contributed by atoms with van der Waals surface area (Å²) in [5.41, 5.74) is 1.89. The van der Waals surface area contributed by atoms with Crippen LogP contribution in [0.25, 0.3) is 0 Å². The van der Waals surface area contributed by atoms with Crippen LogP contribution in [0.1, 0.15) is 29.4 Å². The van der Waals surface area contributed by atoms with E-state index in [2.05, 4.69) is 5.32 Å². The summed E-state index contributed by atoms with van der Waals surface area (Å²) in [5, 5.41) is 4.47. The summed E-state index contributed by atoms with van der Waals surface area (Å²) in [6.07, 6.45) is 0.955. The Kier molecular flexibility index (Phi) is 4.48. The van der Waals surface area contributed by atoms with Gasteiger partial charge in [0, 0.05) is 12.5 Å². The van der Waals surface area contributed by atoms with Crippen molar-refractivity contribution in [2.45, 2.75) is 18.3 Å². The van der Waals surface area contributed by atoms with E-state index in [0.29, 0.717) is 10.0 Å². The lowest BCUT2D eigenvalue weighted by Crippen LogP contribution is -2.34. The molecule has 1 nitrogen and oxygen atoms in total. The lowest BCUT2D eigenvalue weighted by molar-refractivity contribution is 0.393. The van der Waals surface area contributed by atoms with E-state index >= 15 is 0 Å². The Morgan fingerprint density at radius 1 is 1.00 bits per heavy atom. The molecule has 2 aromatic carbocycles. The van der Waals surface area contributed by atoms with Gasteiger partial charge in [0.2, 0.25) is 0 Å². The van der Waals surface area contributed by atoms with Gasteiger partial charge in [0.15, 0.2) is 0 Å². The number of halogens is 3. The third kappa shape index (κ3) is 3.08. The first-order valence-corrected chi connectivity index (χ1v) is 7.82. The van der Waals surface area contributed by atoms with Gasteiger partial charge >= 0.3 is 0 Å². The van der Waals surface area contributed by atoms with Gasteiger partial charge in [0.25, 0.3) is 0 Å². The van der Waals surface area contributed by atoms with Crippen LogP contribution in [0.15, 0.2) is 42.5 Å². The molecule has 0 spiro atoms. The van der Waals surface area contributed by atoms with Gasteiger partial charge in [-0.2, -0.15) is 0 Å². The highest BCUT2D eigenvalue weighted by Gasteiger charge is 2.29. The van der Waals surface area contributed by atoms with Gasteiger partial charge in [-0.3, -0.25) is 0 Å². The molecule has 2 aromatic rings. The Bertz CT molecular complexity index is 644. The minimum atomic E-state index is -0.142. The Hall–Kier alpha value is -1.09. The van der Waals surface area contributed by atoms with Crippen molar-refractivity contribution in [3.8, 4) is 0 Å². The molecule has 1 aliphatic rings. The molecule has 1 aliphatic heterocycles. The molecular weight excluding hydrogens is 308 g/mol. The molecule has 1 N–H and O–H groups in total. The molecule has 1 saturated heterocycles. The second-order valence-electron chi connectivity index (χ2n) is 5.40. The van der Waals surface area contributed by atoms with Gasteiger partial charge in [-0.05, 0) is 48.2 Å². The fourth-order valence-electron chi connectivity index (χ4n) is 3.10. The smallest absolute Gasteiger partial charge is 0.126 e. The van der Waals surface area contributed by atoms with Crippen molar-refractivity contribution >= 4 is 23.2 Å². The van der Waals surface area contributed by atoms with E-state index in [1.54, 1.807) is 6.07 Å². The number of benzene rings is 2. The van der Waals surface area contributed by atoms with Crippen LogP contribution in [0.2, 0.25) is 10.0 Å². The van der Waals surface area contributed by atoms with E-state index in [-0.39, 0.29) is 17.7 Å². The first kappa shape index (κ1) is 14.8. The molecule has 1 heterocycles. The molecule has 0 radical (unpaired) electrons. The van der Waals surface area contributed by atoms with Crippen molar-refractivity contribution < 1.29 is 4.39 Å². The summed E-state index contributed by atoms with van der Waals surface area (Å²) in [7, 11) is 0. The summed E-state index contributed by atoms with van der Waals surface area (Å²) >= 11 is 12.1. The quantitative estimate of drug-likeness (QED) is 0.820. The average Bonchev–Trinajstić information content (AvgIpc) is 2.51. The molecule has 2 atom stereocenters. The second-order valence-corrected chi connectivity index (χ2v) is 6.22. The van der Waals surface area contributed by atoms with Gasteiger partial charge < -0.3 is 5.32 Å². The number of nitrogens with one attached hydrogen (secondary N) is 1. The van der Waals surface area contributed by atoms with Crippen molar-refractivity contribution in [3.63, 3.8) is 0 Å². The van der Waals surface area contributed by atoms with E-state index in [0.717, 1.165) is 30.6 Å². The Morgan fingerprint density at radius 3 is 2.57 bits per heavy atom. The number of piperidine rings is 1. The Morgan fingerprint density at radius 2 is 1.81 bits per heavy atom. The van der Waals surface area contributed by atoms with Crippen LogP contribution in [-0.4, -0.2) is 13.1 Å². The zero-order valence-corrected chi connectivity index (χ0v) is 13.0. The predicted molar refractivity (Wildman–Crippen MR) is 85.8 cm³/mol. The SMILES string of the molecule is Fc1ccccc1C1CNCCC1c1ccc(Cl)c(Cl)c1. The standard InChI is InChI=1S/C17H16Cl2FN/c18-15-6-5-11(9-16(15)19)12-7-8-21-10-14(12)13-3-1-2-4-17(13)20/h1-6,9,12,14,21H,7-8,10H2. The molecule has 0 saturated carbocycles. The minimum absolute atomic E-state index is 0.109. The van der Waals surface area contributed by atoms with Gasteiger partial charge in [0.1, 0.15) is 5.82 Å². The highest BCUT2D eigenvalue weighted by molar-refractivity contribution is 6.42. The molecule has 110 valence electrons. The Balaban J connectivity index is 1.98. The maximum absolute atomic E-state index is 14.1. The number of hydrogen-bond acceptors (Lipinski definition) is 1. The van der Waals surface area contributed by atoms with E-state index < -0.39 is 0 Å². The largest absolute Gasteiger partial charge is 0.316 e. The van der Waals surface area contributed by atoms with E-state index in [1.807, 2.05) is 30.3 Å². The summed E-state index contributed by atoms with van der Waals surface area (Å²) in [6, 6.07) is 12.7. The first-order valence-electron chi connectivity index (χ1n) is 7.07. The van der Waals surface area contributed by atoms with E-state index in [1.165, 1.54) is 6.07 Å². The van der Waals surface area contributed by atoms with E-state index in [4.69, 9.17) is 23.2 Å². The molecule has 4 heteroatoms. The van der Waals surface area contributed by atoms with Crippen molar-refractivity contribution in [2.24, 2.45) is 0 Å². The third-order valence-corrected chi connectivity index (χ3v) is 4.90. The molecule has 1 fully saturated rings. The lowest BCUT2D eigenvalue weighted by atomic mass is 9.77. The molecular formula is C17H16Cl2FN. The zero-order chi connectivity index (χ0) is 14.8. The number of rotatable bonds is 2. The molecule has 21 heavy (non-hydrogen) atoms. The fourth-order valence-corrected chi connectivity index (χ4v) is 3.41. The van der Waals surface area contributed by atoms with Crippen LogP contribution < -0.4 is 5.32 Å². The molecule has 3 rings (SSSR count). The molecule has 2 unspecified atom stereocenters. The van der Waals surface area contributed by atoms with Crippen molar-refractivity contribution in [3.05, 3.63) is 69.5 Å². The normalized spacial score (nSPS) is 22.2. The monoisotopic (exact) mass is 323 g/mol. The molecule has 0 aromatic heterocycles. The molecule has 0 bridgehead atoms. The van der Waals surface area contributed by atoms with Crippen LogP contribution in [0.3, 0.4) is 0 Å². The summed E-state index contributed by atoms with van der Waals surface area (Å²) in [5.74, 6) is 0.214. The fraction of sp³-hybridized carbons (Fsp3) is 0.294. The second kappa shape index (κ2) is 6.35. The molecule has 0 amide bonds. The maximum atomic E-state index is 14.1. The van der Waals surface area contributed by atoms with Gasteiger partial charge in [-0.1, -0.05) is 47.5 Å². The third-order valence-electron chi connectivity index (χ3n) is 4.16. The van der Waals surface area contributed by atoms with Crippen LogP contribution in [0.5, 0.6) is 0 Å². The molecule has 0 aliphatic carbocycles. The summed E-state index contributed by atoms with van der Waals surface area (Å²) in [4.78, 5) is 0. The van der Waals surface area contributed by atoms with Crippen LogP contribution in [0, 0.1) is 5.82 Å². The number of hydrogen-bond donors (Lipinski definition) is 1. The van der Waals surface area contributed by atoms with Crippen LogP contribution in [-0.2, 0) is 0 Å².